The minimum atomic E-state index is -0.510. The molecule has 47 heavy (non-hydrogen) atoms. The van der Waals surface area contributed by atoms with E-state index >= 15 is 0 Å². The zero-order valence-electron chi connectivity index (χ0n) is 26.4. The van der Waals surface area contributed by atoms with Crippen molar-refractivity contribution in [2.45, 2.75) is 70.2 Å². The second kappa shape index (κ2) is 12.6. The van der Waals surface area contributed by atoms with Gasteiger partial charge in [-0.2, -0.15) is 0 Å². The first-order valence-corrected chi connectivity index (χ1v) is 16.8. The van der Waals surface area contributed by atoms with Crippen molar-refractivity contribution in [3.8, 4) is 0 Å². The highest BCUT2D eigenvalue weighted by Gasteiger charge is 2.31. The monoisotopic (exact) mass is 622 g/mol. The number of benzene rings is 4. The van der Waals surface area contributed by atoms with Crippen molar-refractivity contribution in [2.24, 2.45) is 0 Å². The maximum absolute atomic E-state index is 13.1. The van der Waals surface area contributed by atoms with E-state index in [2.05, 4.69) is 106 Å². The van der Waals surface area contributed by atoms with E-state index in [1.54, 1.807) is 0 Å². The smallest absolute Gasteiger partial charge is 0.317 e. The van der Waals surface area contributed by atoms with Crippen LogP contribution in [0.25, 0.3) is 21.8 Å². The van der Waals surface area contributed by atoms with Crippen LogP contribution in [0.5, 0.6) is 0 Å². The number of aromatic nitrogens is 2. The van der Waals surface area contributed by atoms with Gasteiger partial charge in [0.05, 0.1) is 0 Å². The van der Waals surface area contributed by atoms with Gasteiger partial charge < -0.3 is 18.6 Å². The molecule has 4 aromatic carbocycles. The lowest BCUT2D eigenvalue weighted by Crippen LogP contribution is -2.30. The van der Waals surface area contributed by atoms with Crippen LogP contribution in [0.1, 0.15) is 52.9 Å². The summed E-state index contributed by atoms with van der Waals surface area (Å²) >= 11 is 0. The summed E-state index contributed by atoms with van der Waals surface area (Å²) in [6.07, 6.45) is 3.51. The molecule has 0 fully saturated rings. The van der Waals surface area contributed by atoms with Gasteiger partial charge in [-0.3, -0.25) is 9.59 Å². The third-order valence-electron chi connectivity index (χ3n) is 9.91. The fourth-order valence-corrected chi connectivity index (χ4v) is 7.79. The van der Waals surface area contributed by atoms with E-state index in [-0.39, 0.29) is 18.6 Å². The molecular weight excluding hydrogens is 584 g/mol. The first-order chi connectivity index (χ1) is 23.1. The number of para-hydroxylation sites is 2. The number of esters is 2. The Kier molecular flexibility index (Phi) is 7.86. The molecule has 236 valence electrons. The third-order valence-corrected chi connectivity index (χ3v) is 9.91. The van der Waals surface area contributed by atoms with Gasteiger partial charge in [-0.05, 0) is 60.1 Å². The number of fused-ring (bicyclic) bond motifs is 6. The van der Waals surface area contributed by atoms with Gasteiger partial charge in [0.1, 0.15) is 18.6 Å². The molecule has 2 unspecified atom stereocenters. The fraction of sp³-hybridized carbons (Fsp3) is 0.268. The van der Waals surface area contributed by atoms with Crippen LogP contribution in [0.4, 0.5) is 0 Å². The molecule has 6 aromatic rings. The molecule has 2 aliphatic carbocycles. The Morgan fingerprint density at radius 2 is 0.957 bits per heavy atom. The minimum Gasteiger partial charge on any atom is -0.462 e. The predicted octanol–water partition coefficient (Wildman–Crippen LogP) is 7.58. The molecule has 6 nitrogen and oxygen atoms in total. The van der Waals surface area contributed by atoms with Gasteiger partial charge in [0.25, 0.3) is 0 Å². The van der Waals surface area contributed by atoms with Gasteiger partial charge in [0.15, 0.2) is 0 Å². The summed E-state index contributed by atoms with van der Waals surface area (Å²) in [6.45, 7) is 1.52. The number of rotatable bonds is 8. The van der Waals surface area contributed by atoms with Crippen LogP contribution >= 0.6 is 0 Å². The van der Waals surface area contributed by atoms with Crippen molar-refractivity contribution < 1.29 is 19.1 Å². The lowest BCUT2D eigenvalue weighted by molar-refractivity contribution is -0.160. The Balaban J connectivity index is 0.931. The van der Waals surface area contributed by atoms with Crippen LogP contribution in [-0.2, 0) is 57.8 Å². The van der Waals surface area contributed by atoms with Crippen molar-refractivity contribution in [1.82, 2.24) is 9.13 Å². The molecule has 2 atom stereocenters. The van der Waals surface area contributed by atoms with Crippen molar-refractivity contribution in [3.05, 3.63) is 143 Å². The average molecular weight is 623 g/mol. The lowest BCUT2D eigenvalue weighted by atomic mass is 9.93. The zero-order valence-corrected chi connectivity index (χ0v) is 26.4. The summed E-state index contributed by atoms with van der Waals surface area (Å²) in [5.74, 6) is -1.02. The summed E-state index contributed by atoms with van der Waals surface area (Å²) in [7, 11) is 0. The van der Waals surface area contributed by atoms with Gasteiger partial charge in [0, 0.05) is 59.1 Å². The number of nitrogens with zero attached hydrogens (tertiary/aromatic N) is 2. The SMILES string of the molecule is O=C(CC(=O)OC1CCc2c(n(Cc3ccccc3)c3ccccc23)C1)OC1CCc2c(n(Cc3ccccc3)c3ccccc23)C1. The largest absolute Gasteiger partial charge is 0.462 e. The number of hydrogen-bond acceptors (Lipinski definition) is 4. The summed E-state index contributed by atoms with van der Waals surface area (Å²) in [6, 6.07) is 37.9. The molecule has 2 aliphatic rings. The van der Waals surface area contributed by atoms with E-state index in [1.165, 1.54) is 55.4 Å². The molecule has 0 amide bonds. The number of carbonyl (C=O) groups is 2. The second-order valence-corrected chi connectivity index (χ2v) is 12.9. The van der Waals surface area contributed by atoms with Crippen molar-refractivity contribution in [2.75, 3.05) is 0 Å². The van der Waals surface area contributed by atoms with E-state index < -0.39 is 11.9 Å². The Hall–Kier alpha value is -5.10. The van der Waals surface area contributed by atoms with Crippen molar-refractivity contribution >= 4 is 33.7 Å². The second-order valence-electron chi connectivity index (χ2n) is 12.9. The summed E-state index contributed by atoms with van der Waals surface area (Å²) < 4.78 is 16.6. The zero-order chi connectivity index (χ0) is 31.7. The molecule has 2 aromatic heterocycles. The molecule has 8 rings (SSSR count). The molecule has 6 heteroatoms. The van der Waals surface area contributed by atoms with Gasteiger partial charge >= 0.3 is 11.9 Å². The Labute approximate surface area is 274 Å². The molecule has 2 heterocycles. The molecule has 0 saturated heterocycles. The molecule has 0 N–H and O–H groups in total. The maximum Gasteiger partial charge on any atom is 0.317 e. The highest BCUT2D eigenvalue weighted by atomic mass is 16.6. The van der Waals surface area contributed by atoms with Gasteiger partial charge in [-0.1, -0.05) is 97.1 Å². The van der Waals surface area contributed by atoms with Crippen molar-refractivity contribution in [3.63, 3.8) is 0 Å². The molecule has 0 aliphatic heterocycles. The topological polar surface area (TPSA) is 62.5 Å². The van der Waals surface area contributed by atoms with Crippen LogP contribution < -0.4 is 0 Å². The average Bonchev–Trinajstić information content (AvgIpc) is 3.57. The van der Waals surface area contributed by atoms with E-state index in [4.69, 9.17) is 9.47 Å². The molecule has 0 spiro atoms. The highest BCUT2D eigenvalue weighted by molar-refractivity contribution is 5.91. The standard InChI is InChI=1S/C41H38N2O4/c44-40(46-30-19-21-34-32-15-7-9-17-36(32)42(38(34)23-30)26-28-11-3-1-4-12-28)25-41(45)47-31-20-22-35-33-16-8-10-18-37(33)43(39(35)24-31)27-29-13-5-2-6-14-29/h1-18,30-31H,19-27H2. The lowest BCUT2D eigenvalue weighted by Gasteiger charge is -2.26. The molecule has 0 saturated carbocycles. The fourth-order valence-electron chi connectivity index (χ4n) is 7.79. The summed E-state index contributed by atoms with van der Waals surface area (Å²) in [5, 5.41) is 2.54. The first kappa shape index (κ1) is 29.3. The first-order valence-electron chi connectivity index (χ1n) is 16.8. The van der Waals surface area contributed by atoms with Crippen LogP contribution in [0.2, 0.25) is 0 Å². The molecular formula is C41H38N2O4. The Bertz CT molecular complexity index is 1930. The number of aryl methyl sites for hydroxylation is 2. The van der Waals surface area contributed by atoms with Crippen LogP contribution in [-0.4, -0.2) is 33.3 Å². The third kappa shape index (κ3) is 5.85. The highest BCUT2D eigenvalue weighted by Crippen LogP contribution is 2.35. The molecule has 0 radical (unpaired) electrons. The Morgan fingerprint density at radius 3 is 1.40 bits per heavy atom. The van der Waals surface area contributed by atoms with E-state index in [0.717, 1.165) is 38.8 Å². The van der Waals surface area contributed by atoms with Gasteiger partial charge in [0.2, 0.25) is 0 Å². The number of hydrogen-bond donors (Lipinski definition) is 0. The number of ether oxygens (including phenoxy) is 2. The minimum absolute atomic E-state index is 0.271. The maximum atomic E-state index is 13.1. The Morgan fingerprint density at radius 1 is 0.553 bits per heavy atom. The van der Waals surface area contributed by atoms with E-state index in [1.807, 2.05) is 12.1 Å². The van der Waals surface area contributed by atoms with Crippen LogP contribution in [0.15, 0.2) is 109 Å². The van der Waals surface area contributed by atoms with Crippen LogP contribution in [0.3, 0.4) is 0 Å². The van der Waals surface area contributed by atoms with Gasteiger partial charge in [-0.25, -0.2) is 0 Å². The molecule has 0 bridgehead atoms. The predicted molar refractivity (Wildman–Crippen MR) is 183 cm³/mol. The van der Waals surface area contributed by atoms with Crippen LogP contribution in [0, 0.1) is 0 Å². The number of carbonyl (C=O) groups excluding carboxylic acids is 2. The van der Waals surface area contributed by atoms with E-state index in [0.29, 0.717) is 12.8 Å². The summed E-state index contributed by atoms with van der Waals surface area (Å²) in [4.78, 5) is 26.1. The van der Waals surface area contributed by atoms with Crippen molar-refractivity contribution in [1.29, 1.82) is 0 Å². The summed E-state index contributed by atoms with van der Waals surface area (Å²) in [5.41, 5.74) is 9.97. The quantitative estimate of drug-likeness (QED) is 0.130. The van der Waals surface area contributed by atoms with Gasteiger partial charge in [-0.15, -0.1) is 0 Å². The normalized spacial score (nSPS) is 17.3. The van der Waals surface area contributed by atoms with E-state index in [9.17, 15) is 9.59 Å².